The zero-order chi connectivity index (χ0) is 13.8. The molecular formula is C15H23ClN2O2. The zero-order valence-corrected chi connectivity index (χ0v) is 12.9. The highest BCUT2D eigenvalue weighted by Crippen LogP contribution is 2.31. The molecule has 0 saturated heterocycles. The average molecular weight is 299 g/mol. The third-order valence-electron chi connectivity index (χ3n) is 3.58. The molecule has 4 nitrogen and oxygen atoms in total. The molecule has 2 N–H and O–H groups in total. The summed E-state index contributed by atoms with van der Waals surface area (Å²) in [6.07, 6.45) is 2.19. The number of methoxy groups -OCH3 is 1. The Labute approximate surface area is 126 Å². The molecule has 5 heteroatoms. The maximum atomic E-state index is 12.4. The van der Waals surface area contributed by atoms with Crippen molar-refractivity contribution in [1.29, 1.82) is 0 Å². The minimum Gasteiger partial charge on any atom is -0.496 e. The van der Waals surface area contributed by atoms with Crippen LogP contribution in [0.3, 0.4) is 0 Å². The molecule has 1 amide bonds. The quantitative estimate of drug-likeness (QED) is 0.876. The van der Waals surface area contributed by atoms with E-state index < -0.39 is 0 Å². The van der Waals surface area contributed by atoms with Crippen molar-refractivity contribution in [3.63, 3.8) is 0 Å². The maximum Gasteiger partial charge on any atom is 0.227 e. The Morgan fingerprint density at radius 1 is 1.45 bits per heavy atom. The van der Waals surface area contributed by atoms with E-state index in [9.17, 15) is 4.79 Å². The number of amides is 1. The molecule has 1 aromatic rings. The largest absolute Gasteiger partial charge is 0.496 e. The van der Waals surface area contributed by atoms with E-state index in [-0.39, 0.29) is 24.2 Å². The molecule has 1 aromatic carbocycles. The Morgan fingerprint density at radius 3 is 2.65 bits per heavy atom. The lowest BCUT2D eigenvalue weighted by Gasteiger charge is -2.26. The van der Waals surface area contributed by atoms with E-state index in [4.69, 9.17) is 10.5 Å². The maximum absolute atomic E-state index is 12.4. The molecule has 0 radical (unpaired) electrons. The fourth-order valence-electron chi connectivity index (χ4n) is 2.17. The van der Waals surface area contributed by atoms with Gasteiger partial charge in [0.05, 0.1) is 7.11 Å². The van der Waals surface area contributed by atoms with Crippen molar-refractivity contribution in [2.45, 2.75) is 32.4 Å². The van der Waals surface area contributed by atoms with Crippen LogP contribution in [0.15, 0.2) is 24.3 Å². The summed E-state index contributed by atoms with van der Waals surface area (Å²) < 4.78 is 5.35. The first-order valence-corrected chi connectivity index (χ1v) is 6.79. The molecule has 0 aliphatic heterocycles. The van der Waals surface area contributed by atoms with E-state index in [0.29, 0.717) is 19.1 Å². The first kappa shape index (κ1) is 16.8. The van der Waals surface area contributed by atoms with Gasteiger partial charge in [0.25, 0.3) is 0 Å². The number of hydrogen-bond acceptors (Lipinski definition) is 3. The number of carbonyl (C=O) groups is 1. The molecule has 0 bridgehead atoms. The van der Waals surface area contributed by atoms with Gasteiger partial charge < -0.3 is 15.4 Å². The minimum absolute atomic E-state index is 0. The third-order valence-corrected chi connectivity index (χ3v) is 3.58. The number of halogens is 1. The normalized spacial score (nSPS) is 15.2. The van der Waals surface area contributed by atoms with Crippen LogP contribution in [0.4, 0.5) is 0 Å². The van der Waals surface area contributed by atoms with Crippen LogP contribution in [0.25, 0.3) is 0 Å². The van der Waals surface area contributed by atoms with Crippen molar-refractivity contribution in [1.82, 2.24) is 4.90 Å². The number of nitrogens with zero attached hydrogens (tertiary/aromatic N) is 1. The highest BCUT2D eigenvalue weighted by atomic mass is 35.5. The Hall–Kier alpha value is -1.26. The van der Waals surface area contributed by atoms with Gasteiger partial charge in [0.1, 0.15) is 5.75 Å². The first-order valence-electron chi connectivity index (χ1n) is 6.79. The van der Waals surface area contributed by atoms with Gasteiger partial charge in [-0.15, -0.1) is 12.4 Å². The number of para-hydroxylation sites is 1. The summed E-state index contributed by atoms with van der Waals surface area (Å²) in [5, 5.41) is 0. The lowest BCUT2D eigenvalue weighted by molar-refractivity contribution is -0.135. The standard InChI is InChI=1S/C15H22N2O2.ClH/c1-11(9-16)15(18)17(13-7-8-13)10-12-5-3-4-6-14(12)19-2;/h3-6,11,13H,7-10,16H2,1-2H3;1H. The second-order valence-corrected chi connectivity index (χ2v) is 5.15. The van der Waals surface area contributed by atoms with Crippen LogP contribution in [0.1, 0.15) is 25.3 Å². The Kier molecular flexibility index (Phi) is 6.30. The van der Waals surface area contributed by atoms with Gasteiger partial charge in [0.2, 0.25) is 5.91 Å². The van der Waals surface area contributed by atoms with Crippen molar-refractivity contribution >= 4 is 18.3 Å². The molecule has 1 aliphatic carbocycles. The SMILES string of the molecule is COc1ccccc1CN(C(=O)C(C)CN)C1CC1.Cl. The zero-order valence-electron chi connectivity index (χ0n) is 12.0. The summed E-state index contributed by atoms with van der Waals surface area (Å²) in [6.45, 7) is 2.89. The van der Waals surface area contributed by atoms with Crippen LogP contribution < -0.4 is 10.5 Å². The number of carbonyl (C=O) groups excluding carboxylic acids is 1. The summed E-state index contributed by atoms with van der Waals surface area (Å²) in [5.41, 5.74) is 6.66. The Morgan fingerprint density at radius 2 is 2.10 bits per heavy atom. The molecule has 1 unspecified atom stereocenters. The molecule has 1 fully saturated rings. The van der Waals surface area contributed by atoms with Gasteiger partial charge in [0, 0.05) is 30.6 Å². The number of hydrogen-bond donors (Lipinski definition) is 1. The molecule has 112 valence electrons. The molecule has 0 aromatic heterocycles. The fourth-order valence-corrected chi connectivity index (χ4v) is 2.17. The molecule has 2 rings (SSSR count). The van der Waals surface area contributed by atoms with Crippen LogP contribution in [-0.2, 0) is 11.3 Å². The van der Waals surface area contributed by atoms with Crippen LogP contribution in [0.2, 0.25) is 0 Å². The van der Waals surface area contributed by atoms with Crippen molar-refractivity contribution in [2.75, 3.05) is 13.7 Å². The number of rotatable bonds is 6. The summed E-state index contributed by atoms with van der Waals surface area (Å²) in [7, 11) is 1.66. The molecule has 1 saturated carbocycles. The lowest BCUT2D eigenvalue weighted by atomic mass is 10.1. The third kappa shape index (κ3) is 3.87. The van der Waals surface area contributed by atoms with Gasteiger partial charge in [-0.25, -0.2) is 0 Å². The van der Waals surface area contributed by atoms with Crippen LogP contribution in [0.5, 0.6) is 5.75 Å². The van der Waals surface area contributed by atoms with Crippen LogP contribution >= 0.6 is 12.4 Å². The van der Waals surface area contributed by atoms with Gasteiger partial charge in [-0.1, -0.05) is 25.1 Å². The summed E-state index contributed by atoms with van der Waals surface area (Å²) in [6, 6.07) is 8.23. The molecular weight excluding hydrogens is 276 g/mol. The van der Waals surface area contributed by atoms with E-state index >= 15 is 0 Å². The highest BCUT2D eigenvalue weighted by molar-refractivity contribution is 5.85. The van der Waals surface area contributed by atoms with Gasteiger partial charge in [-0.2, -0.15) is 0 Å². The smallest absolute Gasteiger partial charge is 0.227 e. The molecule has 1 aliphatic rings. The van der Waals surface area contributed by atoms with E-state index in [1.165, 1.54) is 0 Å². The monoisotopic (exact) mass is 298 g/mol. The molecule has 0 spiro atoms. The van der Waals surface area contributed by atoms with Gasteiger partial charge >= 0.3 is 0 Å². The summed E-state index contributed by atoms with van der Waals surface area (Å²) in [5.74, 6) is 0.868. The van der Waals surface area contributed by atoms with E-state index in [2.05, 4.69) is 0 Å². The number of benzene rings is 1. The fraction of sp³-hybridized carbons (Fsp3) is 0.533. The first-order chi connectivity index (χ1) is 9.17. The van der Waals surface area contributed by atoms with Crippen molar-refractivity contribution in [2.24, 2.45) is 11.7 Å². The minimum atomic E-state index is -0.115. The van der Waals surface area contributed by atoms with E-state index in [1.54, 1.807) is 7.11 Å². The average Bonchev–Trinajstić information content (AvgIpc) is 3.28. The summed E-state index contributed by atoms with van der Waals surface area (Å²) >= 11 is 0. The van der Waals surface area contributed by atoms with Crippen LogP contribution in [0, 0.1) is 5.92 Å². The van der Waals surface area contributed by atoms with Crippen molar-refractivity contribution in [3.05, 3.63) is 29.8 Å². The molecule has 1 atom stereocenters. The number of ether oxygens (including phenoxy) is 1. The lowest BCUT2D eigenvalue weighted by Crippen LogP contribution is -2.39. The van der Waals surface area contributed by atoms with Gasteiger partial charge in [0.15, 0.2) is 0 Å². The molecule has 20 heavy (non-hydrogen) atoms. The van der Waals surface area contributed by atoms with Gasteiger partial charge in [-0.3, -0.25) is 4.79 Å². The second-order valence-electron chi connectivity index (χ2n) is 5.15. The summed E-state index contributed by atoms with van der Waals surface area (Å²) in [4.78, 5) is 14.3. The van der Waals surface area contributed by atoms with E-state index in [0.717, 1.165) is 24.2 Å². The predicted octanol–water partition coefficient (Wildman–Crippen LogP) is 2.20. The Bertz CT molecular complexity index is 449. The van der Waals surface area contributed by atoms with Gasteiger partial charge in [-0.05, 0) is 18.9 Å². The number of nitrogens with two attached hydrogens (primary N) is 1. The molecule has 0 heterocycles. The van der Waals surface area contributed by atoms with E-state index in [1.807, 2.05) is 36.1 Å². The van der Waals surface area contributed by atoms with Crippen LogP contribution in [-0.4, -0.2) is 30.5 Å². The highest BCUT2D eigenvalue weighted by Gasteiger charge is 2.34. The predicted molar refractivity (Wildman–Crippen MR) is 82.0 cm³/mol. The van der Waals surface area contributed by atoms with Crippen molar-refractivity contribution < 1.29 is 9.53 Å². The van der Waals surface area contributed by atoms with Crippen molar-refractivity contribution in [3.8, 4) is 5.75 Å². The second kappa shape index (κ2) is 7.50. The Balaban J connectivity index is 0.00000200. The topological polar surface area (TPSA) is 55.6 Å².